The maximum absolute atomic E-state index is 11.8. The molecule has 2 aromatic rings. The number of rotatable bonds is 4. The standard InChI is InChI=1S/C11H9Cl2N5OS/c12-6-3-7(13)10(17-4-6)18-8(19)5-20-11-9(14)15-1-2-16-11/h1-4H,5H2,(H2,14,15)(H,17,18,19). The molecule has 3 N–H and O–H groups in total. The van der Waals surface area contributed by atoms with Crippen molar-refractivity contribution in [3.63, 3.8) is 0 Å². The Kier molecular flexibility index (Phi) is 4.99. The lowest BCUT2D eigenvalue weighted by molar-refractivity contribution is -0.113. The Hall–Kier alpha value is -1.57. The molecule has 0 unspecified atom stereocenters. The number of hydrogen-bond acceptors (Lipinski definition) is 6. The molecule has 0 bridgehead atoms. The van der Waals surface area contributed by atoms with Crippen LogP contribution in [0.25, 0.3) is 0 Å². The van der Waals surface area contributed by atoms with Gasteiger partial charge in [-0.3, -0.25) is 4.79 Å². The van der Waals surface area contributed by atoms with Crippen molar-refractivity contribution >= 4 is 52.5 Å². The molecule has 0 atom stereocenters. The van der Waals surface area contributed by atoms with Gasteiger partial charge in [-0.15, -0.1) is 0 Å². The normalized spacial score (nSPS) is 10.3. The molecule has 2 rings (SSSR count). The van der Waals surface area contributed by atoms with E-state index in [0.717, 1.165) is 0 Å². The Morgan fingerprint density at radius 3 is 2.75 bits per heavy atom. The monoisotopic (exact) mass is 329 g/mol. The maximum Gasteiger partial charge on any atom is 0.235 e. The van der Waals surface area contributed by atoms with E-state index in [0.29, 0.717) is 10.0 Å². The number of nitrogen functional groups attached to an aromatic ring is 1. The number of pyridine rings is 1. The lowest BCUT2D eigenvalue weighted by atomic mass is 10.4. The molecule has 0 aliphatic rings. The van der Waals surface area contributed by atoms with E-state index in [2.05, 4.69) is 20.3 Å². The zero-order chi connectivity index (χ0) is 14.5. The second kappa shape index (κ2) is 6.74. The number of nitrogens with one attached hydrogen (secondary N) is 1. The number of hydrogen-bond donors (Lipinski definition) is 2. The van der Waals surface area contributed by atoms with Crippen molar-refractivity contribution in [3.8, 4) is 0 Å². The van der Waals surface area contributed by atoms with Crippen LogP contribution in [0, 0.1) is 0 Å². The first-order valence-corrected chi connectivity index (χ1v) is 7.10. The first-order valence-electron chi connectivity index (χ1n) is 5.36. The summed E-state index contributed by atoms with van der Waals surface area (Å²) < 4.78 is 0. The van der Waals surface area contributed by atoms with Crippen molar-refractivity contribution in [1.29, 1.82) is 0 Å². The molecule has 0 saturated carbocycles. The molecular formula is C11H9Cl2N5OS. The molecule has 0 aliphatic carbocycles. The van der Waals surface area contributed by atoms with E-state index < -0.39 is 0 Å². The summed E-state index contributed by atoms with van der Waals surface area (Å²) in [5, 5.41) is 3.75. The lowest BCUT2D eigenvalue weighted by Crippen LogP contribution is -2.15. The smallest absolute Gasteiger partial charge is 0.235 e. The molecule has 0 aliphatic heterocycles. The summed E-state index contributed by atoms with van der Waals surface area (Å²) in [5.41, 5.74) is 5.63. The first-order chi connectivity index (χ1) is 9.56. The molecule has 20 heavy (non-hydrogen) atoms. The predicted molar refractivity (Wildman–Crippen MR) is 80.1 cm³/mol. The van der Waals surface area contributed by atoms with Gasteiger partial charge in [-0.2, -0.15) is 0 Å². The molecule has 2 heterocycles. The molecule has 0 saturated heterocycles. The van der Waals surface area contributed by atoms with Gasteiger partial charge < -0.3 is 11.1 Å². The fourth-order valence-electron chi connectivity index (χ4n) is 1.26. The molecular weight excluding hydrogens is 321 g/mol. The molecule has 6 nitrogen and oxygen atoms in total. The molecule has 0 spiro atoms. The molecule has 0 aromatic carbocycles. The average molecular weight is 330 g/mol. The van der Waals surface area contributed by atoms with Gasteiger partial charge in [-0.05, 0) is 6.07 Å². The summed E-state index contributed by atoms with van der Waals surface area (Å²) in [7, 11) is 0. The van der Waals surface area contributed by atoms with Gasteiger partial charge in [0, 0.05) is 18.6 Å². The highest BCUT2D eigenvalue weighted by Crippen LogP contribution is 2.23. The van der Waals surface area contributed by atoms with E-state index in [-0.39, 0.29) is 28.3 Å². The number of carbonyl (C=O) groups excluding carboxylic acids is 1. The highest BCUT2D eigenvalue weighted by Gasteiger charge is 2.10. The molecule has 0 fully saturated rings. The Morgan fingerprint density at radius 2 is 2.05 bits per heavy atom. The fourth-order valence-corrected chi connectivity index (χ4v) is 2.36. The second-order valence-electron chi connectivity index (χ2n) is 3.57. The van der Waals surface area contributed by atoms with E-state index in [1.165, 1.54) is 36.4 Å². The van der Waals surface area contributed by atoms with Gasteiger partial charge in [-0.1, -0.05) is 35.0 Å². The van der Waals surface area contributed by atoms with Gasteiger partial charge in [-0.25, -0.2) is 15.0 Å². The van der Waals surface area contributed by atoms with Crippen molar-refractivity contribution < 1.29 is 4.79 Å². The topological polar surface area (TPSA) is 93.8 Å². The maximum atomic E-state index is 11.8. The predicted octanol–water partition coefficient (Wildman–Crippen LogP) is 2.49. The third-order valence-corrected chi connectivity index (χ3v) is 3.59. The number of halogens is 2. The highest BCUT2D eigenvalue weighted by molar-refractivity contribution is 8.00. The largest absolute Gasteiger partial charge is 0.381 e. The Morgan fingerprint density at radius 1 is 1.30 bits per heavy atom. The van der Waals surface area contributed by atoms with Crippen LogP contribution in [0.3, 0.4) is 0 Å². The van der Waals surface area contributed by atoms with Crippen molar-refractivity contribution in [3.05, 3.63) is 34.7 Å². The van der Waals surface area contributed by atoms with E-state index in [4.69, 9.17) is 28.9 Å². The van der Waals surface area contributed by atoms with Crippen molar-refractivity contribution in [1.82, 2.24) is 15.0 Å². The van der Waals surface area contributed by atoms with Crippen molar-refractivity contribution in [2.24, 2.45) is 0 Å². The lowest BCUT2D eigenvalue weighted by Gasteiger charge is -2.06. The number of nitrogens with zero attached hydrogens (tertiary/aromatic N) is 3. The second-order valence-corrected chi connectivity index (χ2v) is 5.38. The van der Waals surface area contributed by atoms with Gasteiger partial charge in [0.25, 0.3) is 0 Å². The number of nitrogens with two attached hydrogens (primary N) is 1. The number of anilines is 2. The van der Waals surface area contributed by atoms with Gasteiger partial charge in [0.2, 0.25) is 5.91 Å². The Bertz CT molecular complexity index is 640. The average Bonchev–Trinajstić information content (AvgIpc) is 2.41. The first kappa shape index (κ1) is 14.8. The zero-order valence-corrected chi connectivity index (χ0v) is 12.3. The highest BCUT2D eigenvalue weighted by atomic mass is 35.5. The molecule has 2 aromatic heterocycles. The minimum absolute atomic E-state index is 0.115. The van der Waals surface area contributed by atoms with Crippen molar-refractivity contribution in [2.75, 3.05) is 16.8 Å². The van der Waals surface area contributed by atoms with Gasteiger partial charge in [0.05, 0.1) is 15.8 Å². The number of thioether (sulfide) groups is 1. The minimum atomic E-state index is -0.281. The third kappa shape index (κ3) is 3.96. The van der Waals surface area contributed by atoms with Crippen LogP contribution in [-0.2, 0) is 4.79 Å². The van der Waals surface area contributed by atoms with Crippen LogP contribution in [0.2, 0.25) is 10.0 Å². The van der Waals surface area contributed by atoms with E-state index >= 15 is 0 Å². The molecule has 1 amide bonds. The Balaban J connectivity index is 1.94. The summed E-state index contributed by atoms with van der Waals surface area (Å²) in [6.07, 6.45) is 4.39. The number of carbonyl (C=O) groups is 1. The van der Waals surface area contributed by atoms with Crippen LogP contribution < -0.4 is 11.1 Å². The molecule has 0 radical (unpaired) electrons. The van der Waals surface area contributed by atoms with E-state index in [1.54, 1.807) is 0 Å². The van der Waals surface area contributed by atoms with Crippen LogP contribution in [-0.4, -0.2) is 26.6 Å². The zero-order valence-electron chi connectivity index (χ0n) is 10.0. The number of amides is 1. The van der Waals surface area contributed by atoms with Gasteiger partial charge in [0.1, 0.15) is 5.03 Å². The number of aromatic nitrogens is 3. The van der Waals surface area contributed by atoms with Gasteiger partial charge in [0.15, 0.2) is 11.6 Å². The third-order valence-electron chi connectivity index (χ3n) is 2.10. The van der Waals surface area contributed by atoms with Crippen LogP contribution in [0.15, 0.2) is 29.7 Å². The minimum Gasteiger partial charge on any atom is -0.381 e. The van der Waals surface area contributed by atoms with E-state index in [9.17, 15) is 4.79 Å². The summed E-state index contributed by atoms with van der Waals surface area (Å²) in [6, 6.07) is 1.50. The van der Waals surface area contributed by atoms with Crippen molar-refractivity contribution in [2.45, 2.75) is 5.03 Å². The Labute approximate surface area is 129 Å². The van der Waals surface area contributed by atoms with E-state index in [1.807, 2.05) is 0 Å². The summed E-state index contributed by atoms with van der Waals surface area (Å²) in [4.78, 5) is 23.6. The van der Waals surface area contributed by atoms with Crippen LogP contribution in [0.1, 0.15) is 0 Å². The van der Waals surface area contributed by atoms with Gasteiger partial charge >= 0.3 is 0 Å². The van der Waals surface area contributed by atoms with Crippen LogP contribution in [0.5, 0.6) is 0 Å². The molecule has 9 heteroatoms. The molecule has 104 valence electrons. The summed E-state index contributed by atoms with van der Waals surface area (Å²) >= 11 is 12.8. The van der Waals surface area contributed by atoms with Crippen LogP contribution in [0.4, 0.5) is 11.6 Å². The fraction of sp³-hybridized carbons (Fsp3) is 0.0909. The summed E-state index contributed by atoms with van der Waals surface area (Å²) in [5.74, 6) is 0.377. The SMILES string of the molecule is Nc1nccnc1SCC(=O)Nc1ncc(Cl)cc1Cl. The summed E-state index contributed by atoms with van der Waals surface area (Å²) in [6.45, 7) is 0. The van der Waals surface area contributed by atoms with Crippen LogP contribution >= 0.6 is 35.0 Å². The quantitative estimate of drug-likeness (QED) is 0.837.